The number of methoxy groups -OCH3 is 1. The summed E-state index contributed by atoms with van der Waals surface area (Å²) in [5.74, 6) is -0.379. The molecular weight excluding hydrogens is 284 g/mol. The molecule has 0 saturated heterocycles. The molecule has 0 bridgehead atoms. The summed E-state index contributed by atoms with van der Waals surface area (Å²) in [7, 11) is 1.36. The van der Waals surface area contributed by atoms with Gasteiger partial charge in [-0.3, -0.25) is 4.79 Å². The van der Waals surface area contributed by atoms with E-state index < -0.39 is 0 Å². The molecule has 0 radical (unpaired) electrons. The highest BCUT2D eigenvalue weighted by Gasteiger charge is 2.13. The Morgan fingerprint density at radius 3 is 2.62 bits per heavy atom. The third-order valence-corrected chi connectivity index (χ3v) is 4.29. The van der Waals surface area contributed by atoms with Gasteiger partial charge in [0.25, 0.3) is 0 Å². The Bertz CT molecular complexity index is 665. The van der Waals surface area contributed by atoms with Gasteiger partial charge in [0, 0.05) is 15.4 Å². The summed E-state index contributed by atoms with van der Waals surface area (Å²) in [6.07, 6.45) is 1.73. The van der Waals surface area contributed by atoms with Crippen LogP contribution in [0.25, 0.3) is 0 Å². The number of benzene rings is 2. The third kappa shape index (κ3) is 3.52. The van der Waals surface area contributed by atoms with E-state index in [0.717, 1.165) is 28.1 Å². The number of carbonyl (C=O) groups is 2. The highest BCUT2D eigenvalue weighted by atomic mass is 32.2. The molecule has 0 N–H and O–H groups in total. The van der Waals surface area contributed by atoms with Crippen LogP contribution in [0.3, 0.4) is 0 Å². The predicted octanol–water partition coefficient (Wildman–Crippen LogP) is 4.00. The monoisotopic (exact) mass is 300 g/mol. The van der Waals surface area contributed by atoms with Gasteiger partial charge in [-0.15, -0.1) is 0 Å². The molecule has 0 aromatic heterocycles. The number of ether oxygens (including phenoxy) is 1. The van der Waals surface area contributed by atoms with Crippen LogP contribution in [0.2, 0.25) is 0 Å². The first-order chi connectivity index (χ1) is 10.2. The van der Waals surface area contributed by atoms with Crippen molar-refractivity contribution in [3.8, 4) is 0 Å². The fourth-order valence-corrected chi connectivity index (χ4v) is 2.96. The van der Waals surface area contributed by atoms with Crippen LogP contribution in [0, 0.1) is 0 Å². The van der Waals surface area contributed by atoms with Gasteiger partial charge in [-0.25, -0.2) is 4.79 Å². The lowest BCUT2D eigenvalue weighted by molar-refractivity contribution is 0.0596. The Hall–Kier alpha value is -2.07. The third-order valence-electron chi connectivity index (χ3n) is 3.12. The zero-order valence-corrected chi connectivity index (χ0v) is 12.8. The molecule has 2 aromatic rings. The van der Waals surface area contributed by atoms with Gasteiger partial charge in [0.05, 0.1) is 12.7 Å². The minimum Gasteiger partial charge on any atom is -0.465 e. The van der Waals surface area contributed by atoms with Crippen molar-refractivity contribution in [2.75, 3.05) is 7.11 Å². The van der Waals surface area contributed by atoms with E-state index in [1.54, 1.807) is 12.1 Å². The summed E-state index contributed by atoms with van der Waals surface area (Å²) in [4.78, 5) is 24.6. The lowest BCUT2D eigenvalue weighted by Gasteiger charge is -2.09. The Kier molecular flexibility index (Phi) is 5.17. The van der Waals surface area contributed by atoms with Gasteiger partial charge < -0.3 is 4.74 Å². The quantitative estimate of drug-likeness (QED) is 0.618. The van der Waals surface area contributed by atoms with Crippen molar-refractivity contribution in [2.45, 2.75) is 23.1 Å². The van der Waals surface area contributed by atoms with Gasteiger partial charge in [0.1, 0.15) is 0 Å². The van der Waals surface area contributed by atoms with Gasteiger partial charge in [-0.1, -0.05) is 36.9 Å². The van der Waals surface area contributed by atoms with E-state index in [1.165, 1.54) is 18.9 Å². The zero-order valence-electron chi connectivity index (χ0n) is 12.0. The average molecular weight is 300 g/mol. The lowest BCUT2D eigenvalue weighted by atomic mass is 10.1. The van der Waals surface area contributed by atoms with E-state index in [4.69, 9.17) is 4.74 Å². The summed E-state index contributed by atoms with van der Waals surface area (Å²) in [6.45, 7) is 2.04. The van der Waals surface area contributed by atoms with E-state index in [1.807, 2.05) is 37.3 Å². The Morgan fingerprint density at radius 2 is 1.95 bits per heavy atom. The van der Waals surface area contributed by atoms with Crippen LogP contribution in [-0.4, -0.2) is 19.4 Å². The number of rotatable bonds is 5. The molecule has 0 fully saturated rings. The van der Waals surface area contributed by atoms with Crippen LogP contribution >= 0.6 is 11.8 Å². The summed E-state index contributed by atoms with van der Waals surface area (Å²) in [6, 6.07) is 13.0. The van der Waals surface area contributed by atoms with E-state index >= 15 is 0 Å². The second kappa shape index (κ2) is 7.09. The van der Waals surface area contributed by atoms with Crippen molar-refractivity contribution in [1.82, 2.24) is 0 Å². The van der Waals surface area contributed by atoms with Crippen LogP contribution in [0.1, 0.15) is 33.2 Å². The van der Waals surface area contributed by atoms with Gasteiger partial charge in [0.2, 0.25) is 0 Å². The molecule has 3 nitrogen and oxygen atoms in total. The van der Waals surface area contributed by atoms with Gasteiger partial charge in [0.15, 0.2) is 6.29 Å². The fraction of sp³-hybridized carbons (Fsp3) is 0.176. The van der Waals surface area contributed by atoms with Crippen LogP contribution in [0.15, 0.2) is 52.3 Å². The van der Waals surface area contributed by atoms with Crippen molar-refractivity contribution in [3.05, 3.63) is 59.2 Å². The van der Waals surface area contributed by atoms with E-state index in [2.05, 4.69) is 0 Å². The largest absolute Gasteiger partial charge is 0.465 e. The first kappa shape index (κ1) is 15.3. The van der Waals surface area contributed by atoms with Gasteiger partial charge in [-0.05, 0) is 36.2 Å². The molecule has 21 heavy (non-hydrogen) atoms. The molecule has 0 aliphatic heterocycles. The number of hydrogen-bond acceptors (Lipinski definition) is 4. The van der Waals surface area contributed by atoms with Gasteiger partial charge in [-0.2, -0.15) is 0 Å². The van der Waals surface area contributed by atoms with E-state index in [0.29, 0.717) is 11.1 Å². The maximum Gasteiger partial charge on any atom is 0.339 e. The molecule has 0 aliphatic rings. The number of aryl methyl sites for hydroxylation is 1. The molecule has 0 unspecified atom stereocenters. The fourth-order valence-electron chi connectivity index (χ4n) is 1.96. The molecule has 2 rings (SSSR count). The second-order valence-corrected chi connectivity index (χ2v) is 5.52. The molecule has 0 aliphatic carbocycles. The van der Waals surface area contributed by atoms with Crippen molar-refractivity contribution >= 4 is 24.0 Å². The number of aldehydes is 1. The van der Waals surface area contributed by atoms with Crippen molar-refractivity contribution in [3.63, 3.8) is 0 Å². The normalized spacial score (nSPS) is 10.2. The minimum atomic E-state index is -0.379. The standard InChI is InChI=1S/C17H16O3S/c1-3-12-8-9-15(13(10-12)11-18)21-16-7-5-4-6-14(16)17(19)20-2/h4-11H,3H2,1-2H3. The highest BCUT2D eigenvalue weighted by molar-refractivity contribution is 7.99. The van der Waals surface area contributed by atoms with E-state index in [-0.39, 0.29) is 5.97 Å². The van der Waals surface area contributed by atoms with Crippen LogP contribution in [0.5, 0.6) is 0 Å². The van der Waals surface area contributed by atoms with Crippen LogP contribution < -0.4 is 0 Å². The lowest BCUT2D eigenvalue weighted by Crippen LogP contribution is -2.02. The number of hydrogen-bond donors (Lipinski definition) is 0. The molecule has 2 aromatic carbocycles. The Morgan fingerprint density at radius 1 is 1.19 bits per heavy atom. The molecule has 0 heterocycles. The molecule has 0 saturated carbocycles. The smallest absolute Gasteiger partial charge is 0.339 e. The molecule has 0 amide bonds. The van der Waals surface area contributed by atoms with Crippen molar-refractivity contribution in [1.29, 1.82) is 0 Å². The maximum atomic E-state index is 11.8. The van der Waals surface area contributed by atoms with E-state index in [9.17, 15) is 9.59 Å². The van der Waals surface area contributed by atoms with Crippen molar-refractivity contribution in [2.24, 2.45) is 0 Å². The van der Waals surface area contributed by atoms with Crippen LogP contribution in [-0.2, 0) is 11.2 Å². The second-order valence-electron chi connectivity index (χ2n) is 4.43. The number of carbonyl (C=O) groups excluding carboxylic acids is 2. The maximum absolute atomic E-state index is 11.8. The molecule has 108 valence electrons. The van der Waals surface area contributed by atoms with Gasteiger partial charge >= 0.3 is 5.97 Å². The molecule has 0 spiro atoms. The molecule has 4 heteroatoms. The predicted molar refractivity (Wildman–Crippen MR) is 83.1 cm³/mol. The topological polar surface area (TPSA) is 43.4 Å². The van der Waals surface area contributed by atoms with Crippen LogP contribution in [0.4, 0.5) is 0 Å². The summed E-state index contributed by atoms with van der Waals surface area (Å²) in [5.41, 5.74) is 2.25. The SMILES string of the molecule is CCc1ccc(Sc2ccccc2C(=O)OC)c(C=O)c1. The first-order valence-corrected chi connectivity index (χ1v) is 7.44. The highest BCUT2D eigenvalue weighted by Crippen LogP contribution is 2.33. The number of esters is 1. The first-order valence-electron chi connectivity index (χ1n) is 6.63. The summed E-state index contributed by atoms with van der Waals surface area (Å²) in [5, 5.41) is 0. The zero-order chi connectivity index (χ0) is 15.2. The Balaban J connectivity index is 2.39. The average Bonchev–Trinajstić information content (AvgIpc) is 2.55. The molecule has 0 atom stereocenters. The summed E-state index contributed by atoms with van der Waals surface area (Å²) >= 11 is 1.40. The summed E-state index contributed by atoms with van der Waals surface area (Å²) < 4.78 is 4.79. The molecular formula is C17H16O3S. The minimum absolute atomic E-state index is 0.379. The Labute approximate surface area is 128 Å². The van der Waals surface area contributed by atoms with Crippen molar-refractivity contribution < 1.29 is 14.3 Å².